The molecule has 0 saturated heterocycles. The predicted molar refractivity (Wildman–Crippen MR) is 163 cm³/mol. The zero-order valence-corrected chi connectivity index (χ0v) is 25.7. The van der Waals surface area contributed by atoms with Crippen LogP contribution in [0.15, 0.2) is 74.0 Å². The first-order valence-corrected chi connectivity index (χ1v) is 15.0. The third-order valence-electron chi connectivity index (χ3n) is 6.50. The van der Waals surface area contributed by atoms with Gasteiger partial charge in [0, 0.05) is 16.7 Å². The highest BCUT2D eigenvalue weighted by Crippen LogP contribution is 2.36. The van der Waals surface area contributed by atoms with E-state index in [4.69, 9.17) is 41.8 Å². The molecule has 0 bridgehead atoms. The number of furan rings is 1. The Morgan fingerprint density at radius 3 is 2.50 bits per heavy atom. The molecule has 4 aromatic rings. The summed E-state index contributed by atoms with van der Waals surface area (Å²) in [4.78, 5) is 32.3. The first-order valence-electron chi connectivity index (χ1n) is 13.4. The summed E-state index contributed by atoms with van der Waals surface area (Å²) in [5.74, 6) is 1.54. The Labute approximate surface area is 256 Å². The van der Waals surface area contributed by atoms with Gasteiger partial charge in [0.25, 0.3) is 5.56 Å². The molecular formula is C31H28Cl2N2O6S. The monoisotopic (exact) mass is 626 g/mol. The van der Waals surface area contributed by atoms with Crippen molar-refractivity contribution in [3.05, 3.63) is 101 Å². The first-order chi connectivity index (χ1) is 20.2. The molecule has 42 heavy (non-hydrogen) atoms. The van der Waals surface area contributed by atoms with Gasteiger partial charge in [0.15, 0.2) is 16.3 Å². The predicted octanol–water partition coefficient (Wildman–Crippen LogP) is 6.16. The minimum absolute atomic E-state index is 0.179. The number of hydrogen-bond acceptors (Lipinski definition) is 8. The van der Waals surface area contributed by atoms with Gasteiger partial charge in [-0.1, -0.05) is 40.6 Å². The van der Waals surface area contributed by atoms with Gasteiger partial charge in [0.2, 0.25) is 0 Å². The van der Waals surface area contributed by atoms with Crippen LogP contribution in [-0.2, 0) is 9.53 Å². The second-order valence-electron chi connectivity index (χ2n) is 9.20. The van der Waals surface area contributed by atoms with Crippen LogP contribution >= 0.6 is 34.5 Å². The molecule has 0 aliphatic carbocycles. The van der Waals surface area contributed by atoms with Gasteiger partial charge in [-0.3, -0.25) is 9.36 Å². The van der Waals surface area contributed by atoms with Gasteiger partial charge in [0.1, 0.15) is 11.5 Å². The van der Waals surface area contributed by atoms with E-state index in [9.17, 15) is 9.59 Å². The molecule has 5 rings (SSSR count). The number of ether oxygens (including phenoxy) is 3. The molecule has 0 radical (unpaired) electrons. The maximum absolute atomic E-state index is 14.0. The molecular weight excluding hydrogens is 599 g/mol. The maximum atomic E-state index is 14.0. The third kappa shape index (κ3) is 5.77. The van der Waals surface area contributed by atoms with Crippen molar-refractivity contribution in [3.63, 3.8) is 0 Å². The Balaban J connectivity index is 1.65. The smallest absolute Gasteiger partial charge is 0.338 e. The topological polar surface area (TPSA) is 92.3 Å². The molecule has 218 valence electrons. The molecule has 3 heterocycles. The van der Waals surface area contributed by atoms with Crippen LogP contribution in [-0.4, -0.2) is 30.4 Å². The fraction of sp³-hybridized carbons (Fsp3) is 0.258. The molecule has 0 amide bonds. The van der Waals surface area contributed by atoms with E-state index in [1.165, 1.54) is 15.9 Å². The van der Waals surface area contributed by atoms with Crippen LogP contribution in [0.2, 0.25) is 10.0 Å². The summed E-state index contributed by atoms with van der Waals surface area (Å²) in [6.07, 6.45) is 1.65. The SMILES string of the molecule is CCOC(=O)C1=C(C)N=c2s/c(=C\c3ccc(-c4ccc(Cl)cc4Cl)o3)c(=O)n2[C@@H]1c1ccc(OCC)c(OCC)c1. The van der Waals surface area contributed by atoms with E-state index < -0.39 is 12.0 Å². The second kappa shape index (κ2) is 12.6. The quantitative estimate of drug-likeness (QED) is 0.207. The number of benzene rings is 2. The molecule has 8 nitrogen and oxygen atoms in total. The number of carbonyl (C=O) groups is 1. The van der Waals surface area contributed by atoms with Gasteiger partial charge < -0.3 is 18.6 Å². The lowest BCUT2D eigenvalue weighted by Gasteiger charge is -2.25. The third-order valence-corrected chi connectivity index (χ3v) is 8.03. The molecule has 1 aliphatic rings. The van der Waals surface area contributed by atoms with Crippen LogP contribution in [0.25, 0.3) is 17.4 Å². The minimum Gasteiger partial charge on any atom is -0.490 e. The molecule has 1 aliphatic heterocycles. The summed E-state index contributed by atoms with van der Waals surface area (Å²) in [5, 5.41) is 0.969. The summed E-state index contributed by atoms with van der Waals surface area (Å²) in [5.41, 5.74) is 1.75. The maximum Gasteiger partial charge on any atom is 0.338 e. The van der Waals surface area contributed by atoms with E-state index in [1.807, 2.05) is 19.9 Å². The Hall–Kier alpha value is -3.79. The number of fused-ring (bicyclic) bond motifs is 1. The van der Waals surface area contributed by atoms with Crippen molar-refractivity contribution in [2.45, 2.75) is 33.7 Å². The van der Waals surface area contributed by atoms with Gasteiger partial charge in [0.05, 0.1) is 46.7 Å². The second-order valence-corrected chi connectivity index (χ2v) is 11.1. The van der Waals surface area contributed by atoms with Crippen LogP contribution in [0.1, 0.15) is 45.1 Å². The average Bonchev–Trinajstić information content (AvgIpc) is 3.53. The Kier molecular flexibility index (Phi) is 8.91. The molecule has 0 fully saturated rings. The number of allylic oxidation sites excluding steroid dienone is 1. The lowest BCUT2D eigenvalue weighted by atomic mass is 9.95. The molecule has 1 atom stereocenters. The highest BCUT2D eigenvalue weighted by molar-refractivity contribution is 7.07. The number of halogens is 2. The first kappa shape index (κ1) is 29.7. The number of nitrogens with zero attached hydrogens (tertiary/aromatic N) is 2. The number of esters is 1. The molecule has 0 unspecified atom stereocenters. The summed E-state index contributed by atoms with van der Waals surface area (Å²) in [6.45, 7) is 8.29. The van der Waals surface area contributed by atoms with E-state index in [0.29, 0.717) is 72.4 Å². The normalized spacial score (nSPS) is 14.9. The van der Waals surface area contributed by atoms with Gasteiger partial charge >= 0.3 is 5.97 Å². The van der Waals surface area contributed by atoms with E-state index >= 15 is 0 Å². The van der Waals surface area contributed by atoms with Gasteiger partial charge in [-0.2, -0.15) is 0 Å². The fourth-order valence-electron chi connectivity index (χ4n) is 4.74. The standard InChI is InChI=1S/C31H28Cl2N2O6S/c1-5-38-24-12-8-18(14-25(24)39-6-2)28-27(30(37)40-7-3)17(4)34-31-35(28)29(36)26(42-31)16-20-10-13-23(41-20)21-11-9-19(32)15-22(21)33/h8-16,28H,5-7H2,1-4H3/b26-16-/t28-/m1/s1. The van der Waals surface area contributed by atoms with E-state index in [2.05, 4.69) is 4.99 Å². The van der Waals surface area contributed by atoms with Gasteiger partial charge in [-0.15, -0.1) is 0 Å². The molecule has 11 heteroatoms. The Morgan fingerprint density at radius 2 is 1.79 bits per heavy atom. The molecule has 0 saturated carbocycles. The highest BCUT2D eigenvalue weighted by Gasteiger charge is 2.34. The van der Waals surface area contributed by atoms with Crippen LogP contribution in [0.3, 0.4) is 0 Å². The Bertz CT molecular complexity index is 1870. The van der Waals surface area contributed by atoms with E-state index in [1.54, 1.807) is 62.4 Å². The average molecular weight is 628 g/mol. The van der Waals surface area contributed by atoms with Crippen LogP contribution in [0, 0.1) is 0 Å². The van der Waals surface area contributed by atoms with Crippen molar-refractivity contribution in [1.29, 1.82) is 0 Å². The summed E-state index contributed by atoms with van der Waals surface area (Å²) in [7, 11) is 0. The van der Waals surface area contributed by atoms with Crippen molar-refractivity contribution in [2.24, 2.45) is 4.99 Å². The van der Waals surface area contributed by atoms with E-state index in [-0.39, 0.29) is 17.7 Å². The Morgan fingerprint density at radius 1 is 1.02 bits per heavy atom. The lowest BCUT2D eigenvalue weighted by Crippen LogP contribution is -2.40. The zero-order valence-electron chi connectivity index (χ0n) is 23.4. The zero-order chi connectivity index (χ0) is 30.0. The number of thiazole rings is 1. The van der Waals surface area contributed by atoms with Crippen LogP contribution < -0.4 is 24.4 Å². The minimum atomic E-state index is -0.794. The summed E-state index contributed by atoms with van der Waals surface area (Å²) >= 11 is 13.6. The fourth-order valence-corrected chi connectivity index (χ4v) is 6.27. The van der Waals surface area contributed by atoms with Crippen LogP contribution in [0.5, 0.6) is 11.5 Å². The number of hydrogen-bond donors (Lipinski definition) is 0. The van der Waals surface area contributed by atoms with Gasteiger partial charge in [-0.25, -0.2) is 9.79 Å². The number of carbonyl (C=O) groups excluding carboxylic acids is 1. The summed E-state index contributed by atoms with van der Waals surface area (Å²) in [6, 6.07) is 13.3. The van der Waals surface area contributed by atoms with Crippen molar-refractivity contribution < 1.29 is 23.4 Å². The van der Waals surface area contributed by atoms with E-state index in [0.717, 1.165) is 0 Å². The number of aromatic nitrogens is 1. The number of rotatable bonds is 9. The molecule has 0 N–H and O–H groups in total. The van der Waals surface area contributed by atoms with Crippen molar-refractivity contribution >= 4 is 46.6 Å². The lowest BCUT2D eigenvalue weighted by molar-refractivity contribution is -0.139. The van der Waals surface area contributed by atoms with Crippen molar-refractivity contribution in [3.8, 4) is 22.8 Å². The molecule has 2 aromatic carbocycles. The van der Waals surface area contributed by atoms with Crippen molar-refractivity contribution in [2.75, 3.05) is 19.8 Å². The van der Waals surface area contributed by atoms with Gasteiger partial charge in [-0.05, 0) is 75.7 Å². The summed E-state index contributed by atoms with van der Waals surface area (Å²) < 4.78 is 24.9. The highest BCUT2D eigenvalue weighted by atomic mass is 35.5. The van der Waals surface area contributed by atoms with Crippen LogP contribution in [0.4, 0.5) is 0 Å². The largest absolute Gasteiger partial charge is 0.490 e. The van der Waals surface area contributed by atoms with Crippen molar-refractivity contribution in [1.82, 2.24) is 4.57 Å². The molecule has 2 aromatic heterocycles. The molecule has 0 spiro atoms.